The highest BCUT2D eigenvalue weighted by Crippen LogP contribution is 2.27. The van der Waals surface area contributed by atoms with Crippen LogP contribution in [0.1, 0.15) is 18.1 Å². The Morgan fingerprint density at radius 3 is 2.68 bits per heavy atom. The quantitative estimate of drug-likeness (QED) is 0.583. The number of methoxy groups -OCH3 is 1. The standard InChI is InChI=1S/C19H25ClN4O/c1-4-24(2)13-15-7-5-6-14(10-15)12-22-19(21)23-16-8-9-18(25-3)17(20)11-16/h5-11H,4,12-13H2,1-3H3,(H3,21,22,23). The zero-order chi connectivity index (χ0) is 18.2. The van der Waals surface area contributed by atoms with E-state index in [1.807, 2.05) is 6.07 Å². The van der Waals surface area contributed by atoms with Gasteiger partial charge in [0.05, 0.1) is 18.7 Å². The number of nitrogens with one attached hydrogen (secondary N) is 1. The normalized spacial score (nSPS) is 11.6. The molecule has 0 aromatic heterocycles. The van der Waals surface area contributed by atoms with E-state index in [1.165, 1.54) is 5.56 Å². The van der Waals surface area contributed by atoms with E-state index in [9.17, 15) is 0 Å². The van der Waals surface area contributed by atoms with E-state index < -0.39 is 0 Å². The van der Waals surface area contributed by atoms with Crippen LogP contribution in [-0.2, 0) is 13.1 Å². The van der Waals surface area contributed by atoms with Crippen LogP contribution in [0.2, 0.25) is 5.02 Å². The second kappa shape index (κ2) is 9.30. The molecule has 0 bridgehead atoms. The molecule has 2 aromatic rings. The molecule has 0 saturated heterocycles. The van der Waals surface area contributed by atoms with Crippen molar-refractivity contribution in [2.45, 2.75) is 20.0 Å². The van der Waals surface area contributed by atoms with Crippen LogP contribution in [0, 0.1) is 0 Å². The van der Waals surface area contributed by atoms with Crippen LogP contribution in [0.3, 0.4) is 0 Å². The molecule has 0 fully saturated rings. The molecule has 6 heteroatoms. The average molecular weight is 361 g/mol. The first kappa shape index (κ1) is 19.1. The minimum absolute atomic E-state index is 0.345. The Morgan fingerprint density at radius 2 is 2.00 bits per heavy atom. The van der Waals surface area contributed by atoms with E-state index in [4.69, 9.17) is 22.1 Å². The number of ether oxygens (including phenoxy) is 1. The van der Waals surface area contributed by atoms with Crippen molar-refractivity contribution in [3.8, 4) is 5.75 Å². The van der Waals surface area contributed by atoms with Crippen LogP contribution in [0.15, 0.2) is 47.5 Å². The van der Waals surface area contributed by atoms with E-state index in [0.717, 1.165) is 24.3 Å². The summed E-state index contributed by atoms with van der Waals surface area (Å²) >= 11 is 6.11. The molecule has 25 heavy (non-hydrogen) atoms. The molecular formula is C19H25ClN4O. The number of hydrogen-bond acceptors (Lipinski definition) is 3. The number of anilines is 1. The molecule has 0 aliphatic heterocycles. The number of aliphatic imine (C=N–C) groups is 1. The summed E-state index contributed by atoms with van der Waals surface area (Å²) in [6, 6.07) is 13.8. The fourth-order valence-corrected chi connectivity index (χ4v) is 2.62. The van der Waals surface area contributed by atoms with Crippen LogP contribution in [0.25, 0.3) is 0 Å². The number of nitrogens with zero attached hydrogens (tertiary/aromatic N) is 2. The Bertz CT molecular complexity index is 733. The van der Waals surface area contributed by atoms with Crippen molar-refractivity contribution in [2.75, 3.05) is 26.0 Å². The first-order chi connectivity index (χ1) is 12.0. The highest BCUT2D eigenvalue weighted by molar-refractivity contribution is 6.32. The fraction of sp³-hybridized carbons (Fsp3) is 0.316. The summed E-state index contributed by atoms with van der Waals surface area (Å²) in [6.07, 6.45) is 0. The van der Waals surface area contributed by atoms with Gasteiger partial charge in [0.1, 0.15) is 5.75 Å². The highest BCUT2D eigenvalue weighted by Gasteiger charge is 2.03. The van der Waals surface area contributed by atoms with Gasteiger partial charge in [0.25, 0.3) is 0 Å². The molecular weight excluding hydrogens is 336 g/mol. The van der Waals surface area contributed by atoms with Gasteiger partial charge in [0, 0.05) is 12.2 Å². The van der Waals surface area contributed by atoms with E-state index in [2.05, 4.69) is 53.4 Å². The van der Waals surface area contributed by atoms with Crippen molar-refractivity contribution in [1.82, 2.24) is 4.90 Å². The van der Waals surface area contributed by atoms with Gasteiger partial charge in [-0.25, -0.2) is 4.99 Å². The molecule has 0 amide bonds. The highest BCUT2D eigenvalue weighted by atomic mass is 35.5. The second-order valence-electron chi connectivity index (χ2n) is 5.83. The minimum atomic E-state index is 0.345. The molecule has 0 spiro atoms. The number of benzene rings is 2. The van der Waals surface area contributed by atoms with Crippen molar-refractivity contribution >= 4 is 23.2 Å². The molecule has 0 atom stereocenters. The maximum atomic E-state index is 6.11. The Labute approximate surface area is 154 Å². The zero-order valence-corrected chi connectivity index (χ0v) is 15.7. The van der Waals surface area contributed by atoms with Crippen molar-refractivity contribution < 1.29 is 4.74 Å². The SMILES string of the molecule is CCN(C)Cc1cccc(CN=C(N)Nc2ccc(OC)c(Cl)c2)c1. The van der Waals surface area contributed by atoms with Crippen molar-refractivity contribution in [3.05, 3.63) is 58.6 Å². The van der Waals surface area contributed by atoms with E-state index in [1.54, 1.807) is 19.2 Å². The fourth-order valence-electron chi connectivity index (χ4n) is 2.36. The summed E-state index contributed by atoms with van der Waals surface area (Å²) < 4.78 is 5.13. The largest absolute Gasteiger partial charge is 0.495 e. The third-order valence-corrected chi connectivity index (χ3v) is 4.14. The lowest BCUT2D eigenvalue weighted by atomic mass is 10.1. The molecule has 0 saturated carbocycles. The number of rotatable bonds is 7. The smallest absolute Gasteiger partial charge is 0.193 e. The summed E-state index contributed by atoms with van der Waals surface area (Å²) in [6.45, 7) is 4.61. The van der Waals surface area contributed by atoms with E-state index in [-0.39, 0.29) is 0 Å². The predicted molar refractivity (Wildman–Crippen MR) is 105 cm³/mol. The van der Waals surface area contributed by atoms with Gasteiger partial charge in [-0.1, -0.05) is 42.8 Å². The summed E-state index contributed by atoms with van der Waals surface area (Å²) in [7, 11) is 3.68. The lowest BCUT2D eigenvalue weighted by molar-refractivity contribution is 0.345. The van der Waals surface area contributed by atoms with Gasteiger partial charge in [-0.2, -0.15) is 0 Å². The van der Waals surface area contributed by atoms with Crippen molar-refractivity contribution in [1.29, 1.82) is 0 Å². The maximum Gasteiger partial charge on any atom is 0.193 e. The van der Waals surface area contributed by atoms with Crippen molar-refractivity contribution in [3.63, 3.8) is 0 Å². The van der Waals surface area contributed by atoms with Gasteiger partial charge in [-0.15, -0.1) is 0 Å². The Balaban J connectivity index is 1.99. The third-order valence-electron chi connectivity index (χ3n) is 3.84. The third kappa shape index (κ3) is 5.96. The summed E-state index contributed by atoms with van der Waals surface area (Å²) in [4.78, 5) is 6.65. The molecule has 0 unspecified atom stereocenters. The molecule has 2 rings (SSSR count). The molecule has 0 aliphatic carbocycles. The van der Waals surface area contributed by atoms with Gasteiger partial charge < -0.3 is 20.7 Å². The summed E-state index contributed by atoms with van der Waals surface area (Å²) in [5, 5.41) is 3.56. The van der Waals surface area contributed by atoms with Gasteiger partial charge in [0.2, 0.25) is 0 Å². The molecule has 0 radical (unpaired) electrons. The van der Waals surface area contributed by atoms with E-state index >= 15 is 0 Å². The van der Waals surface area contributed by atoms with Crippen LogP contribution in [0.5, 0.6) is 5.75 Å². The second-order valence-corrected chi connectivity index (χ2v) is 6.23. The predicted octanol–water partition coefficient (Wildman–Crippen LogP) is 3.73. The number of nitrogens with two attached hydrogens (primary N) is 1. The minimum Gasteiger partial charge on any atom is -0.495 e. The monoisotopic (exact) mass is 360 g/mol. The zero-order valence-electron chi connectivity index (χ0n) is 14.9. The summed E-state index contributed by atoms with van der Waals surface area (Å²) in [5.41, 5.74) is 9.13. The Morgan fingerprint density at radius 1 is 1.24 bits per heavy atom. The van der Waals surface area contributed by atoms with Crippen LogP contribution in [-0.4, -0.2) is 31.6 Å². The topological polar surface area (TPSA) is 62.9 Å². The van der Waals surface area contributed by atoms with Crippen LogP contribution < -0.4 is 15.8 Å². The molecule has 0 aliphatic rings. The number of guanidine groups is 1. The van der Waals surface area contributed by atoms with Crippen LogP contribution >= 0.6 is 11.6 Å². The molecule has 5 nitrogen and oxygen atoms in total. The van der Waals surface area contributed by atoms with Gasteiger partial charge in [-0.05, 0) is 42.9 Å². The molecule has 134 valence electrons. The molecule has 0 heterocycles. The average Bonchev–Trinajstić information content (AvgIpc) is 2.60. The van der Waals surface area contributed by atoms with Gasteiger partial charge >= 0.3 is 0 Å². The van der Waals surface area contributed by atoms with Crippen LogP contribution in [0.4, 0.5) is 5.69 Å². The Hall–Kier alpha value is -2.24. The summed E-state index contributed by atoms with van der Waals surface area (Å²) in [5.74, 6) is 0.967. The first-order valence-corrected chi connectivity index (χ1v) is 8.56. The number of hydrogen-bond donors (Lipinski definition) is 2. The van der Waals surface area contributed by atoms with Gasteiger partial charge in [0.15, 0.2) is 5.96 Å². The van der Waals surface area contributed by atoms with Gasteiger partial charge in [-0.3, -0.25) is 0 Å². The lowest BCUT2D eigenvalue weighted by Crippen LogP contribution is -2.22. The maximum absolute atomic E-state index is 6.11. The lowest BCUT2D eigenvalue weighted by Gasteiger charge is -2.14. The number of halogens is 1. The van der Waals surface area contributed by atoms with Crippen molar-refractivity contribution in [2.24, 2.45) is 10.7 Å². The molecule has 2 aromatic carbocycles. The van der Waals surface area contributed by atoms with E-state index in [0.29, 0.717) is 23.3 Å². The molecule has 3 N–H and O–H groups in total. The Kier molecular flexibility index (Phi) is 7.10. The first-order valence-electron chi connectivity index (χ1n) is 8.18.